The first-order chi connectivity index (χ1) is 10.3. The molecule has 0 spiro atoms. The Labute approximate surface area is 140 Å². The maximum atomic E-state index is 12.5. The van der Waals surface area contributed by atoms with Crippen LogP contribution in [0, 0.1) is 0 Å². The third kappa shape index (κ3) is 2.54. The van der Waals surface area contributed by atoms with Gasteiger partial charge >= 0.3 is 0 Å². The highest BCUT2D eigenvalue weighted by Gasteiger charge is 2.26. The van der Waals surface area contributed by atoms with Crippen LogP contribution in [0.25, 0.3) is 5.57 Å². The molecule has 1 saturated heterocycles. The van der Waals surface area contributed by atoms with E-state index < -0.39 is 0 Å². The molecule has 2 heterocycles. The molecule has 0 atom stereocenters. The molecule has 1 aromatic heterocycles. The third-order valence-electron chi connectivity index (χ3n) is 4.39. The quantitative estimate of drug-likeness (QED) is 0.787. The van der Waals surface area contributed by atoms with Crippen molar-refractivity contribution in [1.82, 2.24) is 5.32 Å². The molecule has 1 aromatic carbocycles. The second-order valence-electron chi connectivity index (χ2n) is 5.65. The summed E-state index contributed by atoms with van der Waals surface area (Å²) in [4.78, 5) is 13.5. The average Bonchev–Trinajstić information content (AvgIpc) is 2.96. The normalized spacial score (nSPS) is 17.4. The molecule has 4 heteroatoms. The van der Waals surface area contributed by atoms with Crippen LogP contribution in [0.2, 0.25) is 0 Å². The van der Waals surface area contributed by atoms with E-state index >= 15 is 0 Å². The lowest BCUT2D eigenvalue weighted by atomic mass is 9.88. The maximum absolute atomic E-state index is 12.5. The van der Waals surface area contributed by atoms with Crippen LogP contribution in [0.15, 0.2) is 41.3 Å². The highest BCUT2D eigenvalue weighted by Crippen LogP contribution is 2.39. The van der Waals surface area contributed by atoms with Gasteiger partial charge in [0.25, 0.3) is 0 Å². The van der Waals surface area contributed by atoms with Gasteiger partial charge in [-0.2, -0.15) is 0 Å². The van der Waals surface area contributed by atoms with Crippen LogP contribution < -0.4 is 5.32 Å². The molecule has 0 unspecified atom stereocenters. The van der Waals surface area contributed by atoms with Crippen LogP contribution >= 0.6 is 23.7 Å². The van der Waals surface area contributed by atoms with Crippen molar-refractivity contribution in [3.8, 4) is 0 Å². The van der Waals surface area contributed by atoms with Gasteiger partial charge in [0.05, 0.1) is 4.88 Å². The summed E-state index contributed by atoms with van der Waals surface area (Å²) in [6.45, 7) is 2.07. The summed E-state index contributed by atoms with van der Waals surface area (Å²) in [5.41, 5.74) is 6.42. The van der Waals surface area contributed by atoms with Gasteiger partial charge in [0, 0.05) is 12.0 Å². The van der Waals surface area contributed by atoms with E-state index in [0.29, 0.717) is 6.42 Å². The molecule has 0 amide bonds. The van der Waals surface area contributed by atoms with Crippen molar-refractivity contribution < 1.29 is 4.79 Å². The number of hydrogen-bond acceptors (Lipinski definition) is 3. The number of piperidine rings is 1. The number of halogens is 1. The Morgan fingerprint density at radius 3 is 2.59 bits per heavy atom. The molecular formula is C18H18ClNOS. The van der Waals surface area contributed by atoms with Crippen molar-refractivity contribution in [2.24, 2.45) is 0 Å². The van der Waals surface area contributed by atoms with E-state index in [0.717, 1.165) is 36.4 Å². The molecule has 0 radical (unpaired) electrons. The predicted octanol–water partition coefficient (Wildman–Crippen LogP) is 4.09. The van der Waals surface area contributed by atoms with Gasteiger partial charge in [-0.15, -0.1) is 23.7 Å². The fraction of sp³-hybridized carbons (Fsp3) is 0.278. The summed E-state index contributed by atoms with van der Waals surface area (Å²) in [6.07, 6.45) is 2.68. The largest absolute Gasteiger partial charge is 0.316 e. The molecule has 1 fully saturated rings. The Kier molecular flexibility index (Phi) is 4.48. The molecule has 2 aromatic rings. The first-order valence-electron chi connectivity index (χ1n) is 7.46. The maximum Gasteiger partial charge on any atom is 0.177 e. The molecule has 2 nitrogen and oxygen atoms in total. The van der Waals surface area contributed by atoms with Gasteiger partial charge in [-0.1, -0.05) is 29.8 Å². The molecule has 0 bridgehead atoms. The summed E-state index contributed by atoms with van der Waals surface area (Å²) in [7, 11) is 0. The van der Waals surface area contributed by atoms with Crippen molar-refractivity contribution in [1.29, 1.82) is 0 Å². The van der Waals surface area contributed by atoms with Gasteiger partial charge in [0.15, 0.2) is 5.78 Å². The highest BCUT2D eigenvalue weighted by molar-refractivity contribution is 7.12. The number of fused-ring (bicyclic) bond motifs is 2. The van der Waals surface area contributed by atoms with E-state index in [1.54, 1.807) is 11.3 Å². The van der Waals surface area contributed by atoms with Crippen LogP contribution in [-0.4, -0.2) is 18.9 Å². The minimum Gasteiger partial charge on any atom is -0.316 e. The molecule has 1 aliphatic carbocycles. The molecule has 0 saturated carbocycles. The lowest BCUT2D eigenvalue weighted by Crippen LogP contribution is -2.24. The number of rotatable bonds is 0. The standard InChI is InChI=1S/C18H17NOS.ClH/c20-16-11-13-3-1-2-4-14(13)17(12-5-8-19-9-6-12)15-7-10-21-18(15)16;/h1-4,7,10,19H,5-6,8-9,11H2;1H. The molecule has 1 N–H and O–H groups in total. The number of nitrogens with one attached hydrogen (secondary N) is 1. The fourth-order valence-electron chi connectivity index (χ4n) is 3.40. The monoisotopic (exact) mass is 331 g/mol. The molecule has 1 aliphatic heterocycles. The van der Waals surface area contributed by atoms with E-state index in [2.05, 4.69) is 35.0 Å². The number of carbonyl (C=O) groups is 1. The van der Waals surface area contributed by atoms with Crippen LogP contribution in [-0.2, 0) is 6.42 Å². The van der Waals surface area contributed by atoms with Crippen LogP contribution in [0.3, 0.4) is 0 Å². The van der Waals surface area contributed by atoms with E-state index in [4.69, 9.17) is 0 Å². The highest BCUT2D eigenvalue weighted by atomic mass is 35.5. The van der Waals surface area contributed by atoms with Crippen molar-refractivity contribution in [2.75, 3.05) is 13.1 Å². The Morgan fingerprint density at radius 1 is 1.00 bits per heavy atom. The minimum atomic E-state index is 0. The molecule has 2 aliphatic rings. The van der Waals surface area contributed by atoms with Crippen molar-refractivity contribution in [3.63, 3.8) is 0 Å². The number of ketones is 1. The molecule has 22 heavy (non-hydrogen) atoms. The Morgan fingerprint density at radius 2 is 1.77 bits per heavy atom. The third-order valence-corrected chi connectivity index (χ3v) is 5.34. The lowest BCUT2D eigenvalue weighted by Gasteiger charge is -2.21. The van der Waals surface area contributed by atoms with Gasteiger partial charge in [-0.25, -0.2) is 0 Å². The summed E-state index contributed by atoms with van der Waals surface area (Å²) in [5, 5.41) is 5.48. The van der Waals surface area contributed by atoms with E-state index in [9.17, 15) is 4.79 Å². The molecule has 4 rings (SSSR count). The van der Waals surface area contributed by atoms with Crippen molar-refractivity contribution in [2.45, 2.75) is 19.3 Å². The predicted molar refractivity (Wildman–Crippen MR) is 94.2 cm³/mol. The van der Waals surface area contributed by atoms with Crippen LogP contribution in [0.4, 0.5) is 0 Å². The summed E-state index contributed by atoms with van der Waals surface area (Å²) in [5.74, 6) is 0.261. The zero-order valence-electron chi connectivity index (χ0n) is 12.2. The van der Waals surface area contributed by atoms with Crippen LogP contribution in [0.5, 0.6) is 0 Å². The van der Waals surface area contributed by atoms with Crippen LogP contribution in [0.1, 0.15) is 39.2 Å². The number of Topliss-reactive ketones (excluding diaryl/α,β-unsaturated/α-hetero) is 1. The topological polar surface area (TPSA) is 29.1 Å². The average molecular weight is 332 g/mol. The Hall–Kier alpha value is -1.42. The van der Waals surface area contributed by atoms with Crippen molar-refractivity contribution in [3.05, 3.63) is 62.9 Å². The zero-order valence-corrected chi connectivity index (χ0v) is 13.9. The number of hydrogen-bond donors (Lipinski definition) is 1. The first kappa shape index (κ1) is 15.5. The molecular weight excluding hydrogens is 314 g/mol. The fourth-order valence-corrected chi connectivity index (χ4v) is 4.24. The van der Waals surface area contributed by atoms with Crippen molar-refractivity contribution >= 4 is 35.1 Å². The van der Waals surface area contributed by atoms with Gasteiger partial charge in [0.2, 0.25) is 0 Å². The van der Waals surface area contributed by atoms with E-state index in [1.165, 1.54) is 22.3 Å². The second-order valence-corrected chi connectivity index (χ2v) is 6.57. The van der Waals surface area contributed by atoms with E-state index in [-0.39, 0.29) is 18.2 Å². The number of thiophene rings is 1. The minimum absolute atomic E-state index is 0. The smallest absolute Gasteiger partial charge is 0.177 e. The molecule has 114 valence electrons. The summed E-state index contributed by atoms with van der Waals surface area (Å²) >= 11 is 1.59. The van der Waals surface area contributed by atoms with Gasteiger partial charge in [-0.05, 0) is 54.1 Å². The lowest BCUT2D eigenvalue weighted by molar-refractivity contribution is 0.0997. The SMILES string of the molecule is Cl.O=C1Cc2ccccc2C(=C2CCNCC2)c2ccsc21. The van der Waals surface area contributed by atoms with Gasteiger partial charge < -0.3 is 5.32 Å². The summed E-state index contributed by atoms with van der Waals surface area (Å²) < 4.78 is 0. The number of carbonyl (C=O) groups excluding carboxylic acids is 1. The van der Waals surface area contributed by atoms with Gasteiger partial charge in [-0.3, -0.25) is 4.79 Å². The Bertz CT molecular complexity index is 739. The zero-order chi connectivity index (χ0) is 14.2. The second kappa shape index (κ2) is 6.37. The first-order valence-corrected chi connectivity index (χ1v) is 8.34. The number of benzene rings is 1. The Balaban J connectivity index is 0.00000144. The summed E-state index contributed by atoms with van der Waals surface area (Å²) in [6, 6.07) is 10.5. The van der Waals surface area contributed by atoms with Gasteiger partial charge in [0.1, 0.15) is 0 Å². The van der Waals surface area contributed by atoms with E-state index in [1.807, 2.05) is 6.07 Å².